The maximum atomic E-state index is 8.62. The quantitative estimate of drug-likeness (QED) is 0.440. The molecule has 0 aromatic heterocycles. The maximum Gasteiger partial charge on any atom is 0.0967 e. The Balaban J connectivity index is 2.03. The molecule has 0 spiro atoms. The van der Waals surface area contributed by atoms with Crippen molar-refractivity contribution in [2.45, 2.75) is 25.8 Å². The molecule has 3 N–H and O–H groups in total. The number of anilines is 1. The highest BCUT2D eigenvalue weighted by molar-refractivity contribution is 5.44. The van der Waals surface area contributed by atoms with Gasteiger partial charge in [-0.2, -0.15) is 0 Å². The Morgan fingerprint density at radius 2 is 2.11 bits per heavy atom. The normalized spacial score (nSPS) is 10.6. The van der Waals surface area contributed by atoms with Crippen LogP contribution in [0.3, 0.4) is 0 Å². The molecule has 18 heavy (non-hydrogen) atoms. The Morgan fingerprint density at radius 1 is 1.22 bits per heavy atom. The third kappa shape index (κ3) is 6.59. The Labute approximate surface area is 109 Å². The van der Waals surface area contributed by atoms with E-state index in [0.29, 0.717) is 6.73 Å². The van der Waals surface area contributed by atoms with Gasteiger partial charge in [-0.25, -0.2) is 0 Å². The van der Waals surface area contributed by atoms with E-state index in [9.17, 15) is 0 Å². The van der Waals surface area contributed by atoms with E-state index in [1.807, 2.05) is 19.2 Å². The summed E-state index contributed by atoms with van der Waals surface area (Å²) in [5, 5.41) is 15.0. The Bertz CT molecular complexity index is 318. The van der Waals surface area contributed by atoms with Crippen LogP contribution in [0.15, 0.2) is 24.3 Å². The molecule has 0 unspecified atom stereocenters. The van der Waals surface area contributed by atoms with E-state index in [-0.39, 0.29) is 6.61 Å². The summed E-state index contributed by atoms with van der Waals surface area (Å²) < 4.78 is 5.45. The van der Waals surface area contributed by atoms with Gasteiger partial charge in [0.25, 0.3) is 0 Å². The molecule has 102 valence electrons. The van der Waals surface area contributed by atoms with Crippen molar-refractivity contribution in [1.29, 1.82) is 0 Å². The van der Waals surface area contributed by atoms with Gasteiger partial charge in [-0.15, -0.1) is 0 Å². The number of aliphatic hydroxyl groups excluding tert-OH is 1. The van der Waals surface area contributed by atoms with E-state index in [0.717, 1.165) is 38.1 Å². The van der Waals surface area contributed by atoms with E-state index in [1.165, 1.54) is 5.56 Å². The predicted octanol–water partition coefficient (Wildman–Crippen LogP) is 1.95. The van der Waals surface area contributed by atoms with Gasteiger partial charge in [0.1, 0.15) is 0 Å². The molecule has 0 radical (unpaired) electrons. The van der Waals surface area contributed by atoms with Gasteiger partial charge in [0.05, 0.1) is 6.73 Å². The lowest BCUT2D eigenvalue weighted by Crippen LogP contribution is -2.17. The number of hydrogen-bond acceptors (Lipinski definition) is 4. The summed E-state index contributed by atoms with van der Waals surface area (Å²) in [5.41, 5.74) is 2.37. The Kier molecular flexibility index (Phi) is 8.21. The van der Waals surface area contributed by atoms with Crippen molar-refractivity contribution in [3.63, 3.8) is 0 Å². The number of unbranched alkanes of at least 4 members (excludes halogenated alkanes) is 2. The zero-order valence-corrected chi connectivity index (χ0v) is 11.1. The van der Waals surface area contributed by atoms with E-state index < -0.39 is 0 Å². The van der Waals surface area contributed by atoms with Crippen LogP contribution >= 0.6 is 0 Å². The molecule has 1 aromatic rings. The first-order valence-electron chi connectivity index (χ1n) is 6.53. The van der Waals surface area contributed by atoms with Gasteiger partial charge in [-0.1, -0.05) is 12.1 Å². The number of aliphatic hydroxyl groups is 1. The first kappa shape index (κ1) is 15.0. The van der Waals surface area contributed by atoms with Crippen LogP contribution in [-0.4, -0.2) is 32.1 Å². The Hall–Kier alpha value is -1.10. The van der Waals surface area contributed by atoms with Gasteiger partial charge in [0, 0.05) is 32.5 Å². The van der Waals surface area contributed by atoms with Crippen LogP contribution in [0, 0.1) is 0 Å². The highest BCUT2D eigenvalue weighted by Crippen LogP contribution is 2.09. The van der Waals surface area contributed by atoms with Crippen LogP contribution in [0.5, 0.6) is 0 Å². The minimum Gasteiger partial charge on any atom is -0.396 e. The summed E-state index contributed by atoms with van der Waals surface area (Å²) in [5.74, 6) is 0. The van der Waals surface area contributed by atoms with Crippen LogP contribution < -0.4 is 10.6 Å². The first-order chi connectivity index (χ1) is 8.86. The predicted molar refractivity (Wildman–Crippen MR) is 74.6 cm³/mol. The third-order valence-corrected chi connectivity index (χ3v) is 2.70. The van der Waals surface area contributed by atoms with Crippen LogP contribution in [0.1, 0.15) is 24.8 Å². The molecule has 0 aliphatic heterocycles. The highest BCUT2D eigenvalue weighted by atomic mass is 16.5. The number of benzene rings is 1. The number of rotatable bonds is 10. The van der Waals surface area contributed by atoms with E-state index in [1.54, 1.807) is 0 Å². The number of nitrogens with one attached hydrogen (secondary N) is 2. The van der Waals surface area contributed by atoms with Crippen molar-refractivity contribution >= 4 is 5.69 Å². The summed E-state index contributed by atoms with van der Waals surface area (Å²) in [4.78, 5) is 0. The molecule has 0 aliphatic rings. The fraction of sp³-hybridized carbons (Fsp3) is 0.571. The van der Waals surface area contributed by atoms with E-state index in [4.69, 9.17) is 9.84 Å². The molecule has 4 nitrogen and oxygen atoms in total. The molecule has 1 aromatic carbocycles. The van der Waals surface area contributed by atoms with Gasteiger partial charge < -0.3 is 15.2 Å². The maximum absolute atomic E-state index is 8.62. The molecule has 0 bridgehead atoms. The Morgan fingerprint density at radius 3 is 2.89 bits per heavy atom. The summed E-state index contributed by atoms with van der Waals surface area (Å²) >= 11 is 0. The lowest BCUT2D eigenvalue weighted by Gasteiger charge is -2.07. The molecule has 0 heterocycles. The zero-order chi connectivity index (χ0) is 13.1. The summed E-state index contributed by atoms with van der Waals surface area (Å²) in [7, 11) is 1.92. The SMILES string of the molecule is CNc1cccc(CNCOCCCCCO)c1. The molecule has 0 fully saturated rings. The number of hydrogen-bond donors (Lipinski definition) is 3. The second-order valence-corrected chi connectivity index (χ2v) is 4.21. The lowest BCUT2D eigenvalue weighted by molar-refractivity contribution is 0.110. The molecule has 0 saturated carbocycles. The molecular formula is C14H24N2O2. The molecule has 1 rings (SSSR count). The molecule has 0 saturated heterocycles. The standard InChI is InChI=1S/C14H24N2O2/c1-15-14-7-5-6-13(10-14)11-16-12-18-9-4-2-3-8-17/h5-7,10,15-17H,2-4,8-9,11-12H2,1H3. The first-order valence-corrected chi connectivity index (χ1v) is 6.53. The van der Waals surface area contributed by atoms with Gasteiger partial charge in [-0.3, -0.25) is 5.32 Å². The van der Waals surface area contributed by atoms with Crippen LogP contribution in [0.2, 0.25) is 0 Å². The highest BCUT2D eigenvalue weighted by Gasteiger charge is 1.94. The van der Waals surface area contributed by atoms with Crippen molar-refractivity contribution in [2.75, 3.05) is 32.3 Å². The van der Waals surface area contributed by atoms with Crippen molar-refractivity contribution in [2.24, 2.45) is 0 Å². The molecule has 0 aliphatic carbocycles. The summed E-state index contributed by atoms with van der Waals surface area (Å²) in [6.07, 6.45) is 2.91. The fourth-order valence-corrected chi connectivity index (χ4v) is 1.67. The van der Waals surface area contributed by atoms with Gasteiger partial charge in [0.2, 0.25) is 0 Å². The van der Waals surface area contributed by atoms with E-state index in [2.05, 4.69) is 22.8 Å². The second kappa shape index (κ2) is 9.88. The monoisotopic (exact) mass is 252 g/mol. The van der Waals surface area contributed by atoms with Crippen LogP contribution in [-0.2, 0) is 11.3 Å². The van der Waals surface area contributed by atoms with Crippen molar-refractivity contribution in [1.82, 2.24) is 5.32 Å². The zero-order valence-electron chi connectivity index (χ0n) is 11.1. The average molecular weight is 252 g/mol. The molecule has 0 atom stereocenters. The second-order valence-electron chi connectivity index (χ2n) is 4.21. The minimum absolute atomic E-state index is 0.278. The average Bonchev–Trinajstić information content (AvgIpc) is 2.42. The van der Waals surface area contributed by atoms with E-state index >= 15 is 0 Å². The lowest BCUT2D eigenvalue weighted by atomic mass is 10.2. The largest absolute Gasteiger partial charge is 0.396 e. The smallest absolute Gasteiger partial charge is 0.0967 e. The molecule has 0 amide bonds. The van der Waals surface area contributed by atoms with Gasteiger partial charge in [-0.05, 0) is 37.0 Å². The van der Waals surface area contributed by atoms with Gasteiger partial charge >= 0.3 is 0 Å². The van der Waals surface area contributed by atoms with Crippen LogP contribution in [0.25, 0.3) is 0 Å². The fourth-order valence-electron chi connectivity index (χ4n) is 1.67. The van der Waals surface area contributed by atoms with Crippen molar-refractivity contribution in [3.05, 3.63) is 29.8 Å². The topological polar surface area (TPSA) is 53.5 Å². The number of ether oxygens (including phenoxy) is 1. The molecule has 4 heteroatoms. The summed E-state index contributed by atoms with van der Waals surface area (Å²) in [6.45, 7) is 2.42. The molecular weight excluding hydrogens is 228 g/mol. The van der Waals surface area contributed by atoms with Crippen molar-refractivity contribution in [3.8, 4) is 0 Å². The van der Waals surface area contributed by atoms with Crippen molar-refractivity contribution < 1.29 is 9.84 Å². The third-order valence-electron chi connectivity index (χ3n) is 2.70. The van der Waals surface area contributed by atoms with Gasteiger partial charge in [0.15, 0.2) is 0 Å². The van der Waals surface area contributed by atoms with Crippen LogP contribution in [0.4, 0.5) is 5.69 Å². The summed E-state index contributed by atoms with van der Waals surface area (Å²) in [6, 6.07) is 8.29. The minimum atomic E-state index is 0.278.